The van der Waals surface area contributed by atoms with Gasteiger partial charge in [0.2, 0.25) is 5.91 Å². The van der Waals surface area contributed by atoms with Crippen molar-refractivity contribution in [2.24, 2.45) is 0 Å². The third kappa shape index (κ3) is 5.47. The summed E-state index contributed by atoms with van der Waals surface area (Å²) in [6.07, 6.45) is 0.552. The molecule has 0 radical (unpaired) electrons. The number of amides is 1. The number of aryl methyl sites for hydroxylation is 1. The lowest BCUT2D eigenvalue weighted by atomic mass is 10.1. The van der Waals surface area contributed by atoms with Gasteiger partial charge in [0.15, 0.2) is 0 Å². The molecular weight excluding hydrogens is 216 g/mol. The Bertz CT molecular complexity index is 347. The van der Waals surface area contributed by atoms with Gasteiger partial charge in [0, 0.05) is 12.2 Å². The summed E-state index contributed by atoms with van der Waals surface area (Å²) in [6, 6.07) is 7.79. The summed E-state index contributed by atoms with van der Waals surface area (Å²) in [4.78, 5) is 11.5. The number of hydrogen-bond acceptors (Lipinski definition) is 3. The highest BCUT2D eigenvalue weighted by Gasteiger charge is 2.02. The molecule has 1 aromatic carbocycles. The minimum Gasteiger partial charge on any atom is -0.392 e. The normalized spacial score (nSPS) is 12.2. The second-order valence-corrected chi connectivity index (χ2v) is 4.08. The summed E-state index contributed by atoms with van der Waals surface area (Å²) in [5.41, 5.74) is 2.04. The minimum atomic E-state index is -0.438. The number of nitrogens with one attached hydrogen (secondary N) is 2. The molecule has 1 rings (SSSR count). The van der Waals surface area contributed by atoms with E-state index < -0.39 is 6.10 Å². The van der Waals surface area contributed by atoms with E-state index in [2.05, 4.69) is 17.6 Å². The van der Waals surface area contributed by atoms with Gasteiger partial charge in [0.25, 0.3) is 0 Å². The monoisotopic (exact) mass is 236 g/mol. The SMILES string of the molecule is CCc1ccc(NC(=O)CNC[C@H](C)O)cc1. The largest absolute Gasteiger partial charge is 0.392 e. The molecule has 1 atom stereocenters. The average Bonchev–Trinajstić information content (AvgIpc) is 2.29. The standard InChI is InChI=1S/C13H20N2O2/c1-3-11-4-6-12(7-5-11)15-13(17)9-14-8-10(2)16/h4-7,10,14,16H,3,8-9H2,1-2H3,(H,15,17)/t10-/m0/s1. The van der Waals surface area contributed by atoms with Crippen LogP contribution in [0, 0.1) is 0 Å². The first-order chi connectivity index (χ1) is 8.11. The number of hydrogen-bond donors (Lipinski definition) is 3. The van der Waals surface area contributed by atoms with E-state index in [0.29, 0.717) is 6.54 Å². The predicted octanol–water partition coefficient (Wildman–Crippen LogP) is 1.16. The second kappa shape index (κ2) is 7.04. The van der Waals surface area contributed by atoms with Crippen LogP contribution in [-0.4, -0.2) is 30.2 Å². The molecule has 0 bridgehead atoms. The van der Waals surface area contributed by atoms with Crippen molar-refractivity contribution in [3.63, 3.8) is 0 Å². The van der Waals surface area contributed by atoms with Crippen molar-refractivity contribution in [1.82, 2.24) is 5.32 Å². The maximum absolute atomic E-state index is 11.5. The topological polar surface area (TPSA) is 61.4 Å². The van der Waals surface area contributed by atoms with Crippen LogP contribution in [-0.2, 0) is 11.2 Å². The molecule has 94 valence electrons. The van der Waals surface area contributed by atoms with Crippen LogP contribution in [0.2, 0.25) is 0 Å². The van der Waals surface area contributed by atoms with Crippen LogP contribution in [0.3, 0.4) is 0 Å². The molecule has 0 heterocycles. The smallest absolute Gasteiger partial charge is 0.238 e. The number of carbonyl (C=O) groups is 1. The molecule has 0 aliphatic rings. The zero-order valence-corrected chi connectivity index (χ0v) is 10.4. The quantitative estimate of drug-likeness (QED) is 0.694. The zero-order chi connectivity index (χ0) is 12.7. The Kier molecular flexibility index (Phi) is 5.66. The van der Waals surface area contributed by atoms with Crippen LogP contribution < -0.4 is 10.6 Å². The summed E-state index contributed by atoms with van der Waals surface area (Å²) >= 11 is 0. The fourth-order valence-electron chi connectivity index (χ4n) is 1.42. The minimum absolute atomic E-state index is 0.102. The summed E-state index contributed by atoms with van der Waals surface area (Å²) in [5, 5.41) is 14.7. The van der Waals surface area contributed by atoms with Gasteiger partial charge in [0.05, 0.1) is 12.6 Å². The molecule has 4 heteroatoms. The summed E-state index contributed by atoms with van der Waals surface area (Å²) in [7, 11) is 0. The van der Waals surface area contributed by atoms with Crippen LogP contribution in [0.25, 0.3) is 0 Å². The molecule has 0 aliphatic carbocycles. The van der Waals surface area contributed by atoms with Gasteiger partial charge in [-0.05, 0) is 31.0 Å². The molecule has 0 aromatic heterocycles. The van der Waals surface area contributed by atoms with Crippen molar-refractivity contribution in [1.29, 1.82) is 0 Å². The molecule has 0 aliphatic heterocycles. The molecule has 17 heavy (non-hydrogen) atoms. The van der Waals surface area contributed by atoms with E-state index in [1.807, 2.05) is 24.3 Å². The van der Waals surface area contributed by atoms with Crippen molar-refractivity contribution in [3.8, 4) is 0 Å². The summed E-state index contributed by atoms with van der Waals surface area (Å²) < 4.78 is 0. The Morgan fingerprint density at radius 2 is 2.00 bits per heavy atom. The lowest BCUT2D eigenvalue weighted by Gasteiger charge is -2.08. The summed E-state index contributed by atoms with van der Waals surface area (Å²) in [6.45, 7) is 4.39. The highest BCUT2D eigenvalue weighted by molar-refractivity contribution is 5.92. The highest BCUT2D eigenvalue weighted by Crippen LogP contribution is 2.09. The number of aliphatic hydroxyl groups excluding tert-OH is 1. The Hall–Kier alpha value is -1.39. The number of benzene rings is 1. The molecule has 0 spiro atoms. The van der Waals surface area contributed by atoms with Gasteiger partial charge in [0.1, 0.15) is 0 Å². The van der Waals surface area contributed by atoms with Crippen LogP contribution in [0.4, 0.5) is 5.69 Å². The Morgan fingerprint density at radius 3 is 2.53 bits per heavy atom. The lowest BCUT2D eigenvalue weighted by molar-refractivity contribution is -0.115. The van der Waals surface area contributed by atoms with E-state index >= 15 is 0 Å². The van der Waals surface area contributed by atoms with Gasteiger partial charge in [-0.25, -0.2) is 0 Å². The van der Waals surface area contributed by atoms with Gasteiger partial charge in [-0.1, -0.05) is 19.1 Å². The van der Waals surface area contributed by atoms with Crippen LogP contribution in [0.1, 0.15) is 19.4 Å². The Morgan fingerprint density at radius 1 is 1.35 bits per heavy atom. The van der Waals surface area contributed by atoms with Gasteiger partial charge in [-0.15, -0.1) is 0 Å². The van der Waals surface area contributed by atoms with Crippen LogP contribution in [0.5, 0.6) is 0 Å². The number of aliphatic hydroxyl groups is 1. The third-order valence-corrected chi connectivity index (χ3v) is 2.37. The summed E-state index contributed by atoms with van der Waals surface area (Å²) in [5.74, 6) is -0.102. The molecule has 0 fully saturated rings. The van der Waals surface area contributed by atoms with Gasteiger partial charge in [-0.2, -0.15) is 0 Å². The van der Waals surface area contributed by atoms with E-state index in [4.69, 9.17) is 5.11 Å². The third-order valence-electron chi connectivity index (χ3n) is 2.37. The number of anilines is 1. The number of rotatable bonds is 6. The second-order valence-electron chi connectivity index (χ2n) is 4.08. The Labute approximate surface area is 102 Å². The van der Waals surface area contributed by atoms with Gasteiger partial charge in [-0.3, -0.25) is 4.79 Å². The van der Waals surface area contributed by atoms with Gasteiger partial charge < -0.3 is 15.7 Å². The molecule has 0 saturated heterocycles. The van der Waals surface area contributed by atoms with Crippen molar-refractivity contribution in [2.75, 3.05) is 18.4 Å². The molecule has 0 saturated carbocycles. The molecule has 4 nitrogen and oxygen atoms in total. The zero-order valence-electron chi connectivity index (χ0n) is 10.4. The van der Waals surface area contributed by atoms with E-state index in [-0.39, 0.29) is 12.5 Å². The lowest BCUT2D eigenvalue weighted by Crippen LogP contribution is -2.32. The molecule has 1 aromatic rings. The first-order valence-corrected chi connectivity index (χ1v) is 5.89. The van der Waals surface area contributed by atoms with Crippen molar-refractivity contribution in [2.45, 2.75) is 26.4 Å². The Balaban J connectivity index is 2.34. The average molecular weight is 236 g/mol. The highest BCUT2D eigenvalue weighted by atomic mass is 16.3. The number of carbonyl (C=O) groups excluding carboxylic acids is 1. The van der Waals surface area contributed by atoms with Crippen molar-refractivity contribution in [3.05, 3.63) is 29.8 Å². The predicted molar refractivity (Wildman–Crippen MR) is 69.0 cm³/mol. The molecular formula is C13H20N2O2. The van der Waals surface area contributed by atoms with Crippen molar-refractivity contribution < 1.29 is 9.90 Å². The fourth-order valence-corrected chi connectivity index (χ4v) is 1.42. The van der Waals surface area contributed by atoms with E-state index in [0.717, 1.165) is 12.1 Å². The molecule has 3 N–H and O–H groups in total. The van der Waals surface area contributed by atoms with E-state index in [9.17, 15) is 4.79 Å². The maximum Gasteiger partial charge on any atom is 0.238 e. The van der Waals surface area contributed by atoms with Gasteiger partial charge >= 0.3 is 0 Å². The van der Waals surface area contributed by atoms with Crippen LogP contribution in [0.15, 0.2) is 24.3 Å². The van der Waals surface area contributed by atoms with E-state index in [1.54, 1.807) is 6.92 Å². The van der Waals surface area contributed by atoms with Crippen molar-refractivity contribution >= 4 is 11.6 Å². The van der Waals surface area contributed by atoms with Crippen LogP contribution >= 0.6 is 0 Å². The first-order valence-electron chi connectivity index (χ1n) is 5.89. The first kappa shape index (κ1) is 13.7. The fraction of sp³-hybridized carbons (Fsp3) is 0.462. The molecule has 1 amide bonds. The molecule has 0 unspecified atom stereocenters. The maximum atomic E-state index is 11.5. The van der Waals surface area contributed by atoms with E-state index in [1.165, 1.54) is 5.56 Å².